The third kappa shape index (κ3) is 1.92. The number of tetrazole rings is 1. The molecule has 1 aliphatic rings. The van der Waals surface area contributed by atoms with Crippen molar-refractivity contribution in [3.05, 3.63) is 5.82 Å². The lowest BCUT2D eigenvalue weighted by atomic mass is 9.97. The molecule has 78 valence electrons. The van der Waals surface area contributed by atoms with Crippen molar-refractivity contribution in [2.75, 3.05) is 20.1 Å². The Labute approximate surface area is 84.1 Å². The van der Waals surface area contributed by atoms with Crippen molar-refractivity contribution in [2.24, 2.45) is 0 Å². The topological polar surface area (TPSA) is 46.8 Å². The summed E-state index contributed by atoms with van der Waals surface area (Å²) in [5.41, 5.74) is 0. The quantitative estimate of drug-likeness (QED) is 0.689. The smallest absolute Gasteiger partial charge is 0.177 e. The normalized spacial score (nSPS) is 20.1. The first kappa shape index (κ1) is 9.58. The molecule has 0 amide bonds. The zero-order chi connectivity index (χ0) is 9.97. The average molecular weight is 195 g/mol. The van der Waals surface area contributed by atoms with Gasteiger partial charge >= 0.3 is 0 Å². The lowest BCUT2D eigenvalue weighted by molar-refractivity contribution is 0.251. The lowest BCUT2D eigenvalue weighted by Crippen LogP contribution is -2.29. The zero-order valence-corrected chi connectivity index (χ0v) is 8.85. The molecular formula is C9H17N5. The number of hydrogen-bond donors (Lipinski definition) is 0. The van der Waals surface area contributed by atoms with E-state index in [4.69, 9.17) is 0 Å². The standard InChI is InChI=1S/C9H17N5/c1-3-14-11-9(10-12-14)8-4-6-13(2)7-5-8/h8H,3-7H2,1-2H3. The van der Waals surface area contributed by atoms with E-state index in [1.807, 2.05) is 6.92 Å². The molecule has 0 aromatic carbocycles. The predicted molar refractivity (Wildman–Crippen MR) is 53.0 cm³/mol. The average Bonchev–Trinajstić information content (AvgIpc) is 2.67. The highest BCUT2D eigenvalue weighted by atomic mass is 15.6. The number of likely N-dealkylation sites (tertiary alicyclic amines) is 1. The summed E-state index contributed by atoms with van der Waals surface area (Å²) >= 11 is 0. The highest BCUT2D eigenvalue weighted by molar-refractivity contribution is 4.93. The fraction of sp³-hybridized carbons (Fsp3) is 0.889. The SMILES string of the molecule is CCn1nnc(C2CCN(C)CC2)n1. The van der Waals surface area contributed by atoms with E-state index >= 15 is 0 Å². The maximum Gasteiger partial charge on any atom is 0.177 e. The second-order valence-corrected chi connectivity index (χ2v) is 3.91. The number of aryl methyl sites for hydroxylation is 1. The van der Waals surface area contributed by atoms with E-state index in [9.17, 15) is 0 Å². The zero-order valence-electron chi connectivity index (χ0n) is 8.85. The second kappa shape index (κ2) is 4.04. The largest absolute Gasteiger partial charge is 0.306 e. The molecule has 1 aromatic rings. The van der Waals surface area contributed by atoms with E-state index in [1.165, 1.54) is 0 Å². The molecule has 0 aliphatic carbocycles. The molecule has 5 heteroatoms. The van der Waals surface area contributed by atoms with E-state index in [2.05, 4.69) is 27.4 Å². The summed E-state index contributed by atoms with van der Waals surface area (Å²) in [7, 11) is 2.16. The number of hydrogen-bond acceptors (Lipinski definition) is 4. The van der Waals surface area contributed by atoms with Crippen LogP contribution in [0.2, 0.25) is 0 Å². The van der Waals surface area contributed by atoms with Crippen molar-refractivity contribution in [3.8, 4) is 0 Å². The molecule has 0 N–H and O–H groups in total. The van der Waals surface area contributed by atoms with Gasteiger partial charge in [0.15, 0.2) is 5.82 Å². The van der Waals surface area contributed by atoms with E-state index in [1.54, 1.807) is 4.80 Å². The Hall–Kier alpha value is -0.970. The van der Waals surface area contributed by atoms with Crippen LogP contribution in [0, 0.1) is 0 Å². The molecule has 0 radical (unpaired) electrons. The van der Waals surface area contributed by atoms with Gasteiger partial charge in [-0.1, -0.05) is 0 Å². The Morgan fingerprint density at radius 1 is 1.36 bits per heavy atom. The van der Waals surface area contributed by atoms with Gasteiger partial charge in [0, 0.05) is 5.92 Å². The summed E-state index contributed by atoms with van der Waals surface area (Å²) in [4.78, 5) is 4.01. The van der Waals surface area contributed by atoms with Gasteiger partial charge in [-0.3, -0.25) is 0 Å². The Kier molecular flexibility index (Phi) is 2.77. The molecule has 0 atom stereocenters. The van der Waals surface area contributed by atoms with Crippen molar-refractivity contribution in [2.45, 2.75) is 32.2 Å². The van der Waals surface area contributed by atoms with Crippen LogP contribution < -0.4 is 0 Å². The van der Waals surface area contributed by atoms with Gasteiger partial charge in [-0.15, -0.1) is 10.2 Å². The molecule has 0 spiro atoms. The van der Waals surface area contributed by atoms with E-state index in [-0.39, 0.29) is 0 Å². The maximum atomic E-state index is 4.35. The molecule has 0 saturated carbocycles. The molecular weight excluding hydrogens is 178 g/mol. The molecule has 1 aliphatic heterocycles. The van der Waals surface area contributed by atoms with Gasteiger partial charge in [0.1, 0.15) is 0 Å². The number of aromatic nitrogens is 4. The van der Waals surface area contributed by atoms with Crippen LogP contribution >= 0.6 is 0 Å². The van der Waals surface area contributed by atoms with Gasteiger partial charge in [-0.2, -0.15) is 4.80 Å². The van der Waals surface area contributed by atoms with Crippen LogP contribution in [-0.4, -0.2) is 45.2 Å². The lowest BCUT2D eigenvalue weighted by Gasteiger charge is -2.26. The minimum absolute atomic E-state index is 0.520. The van der Waals surface area contributed by atoms with E-state index in [0.717, 1.165) is 38.3 Å². The van der Waals surface area contributed by atoms with Crippen LogP contribution in [0.4, 0.5) is 0 Å². The Balaban J connectivity index is 2.01. The number of rotatable bonds is 2. The summed E-state index contributed by atoms with van der Waals surface area (Å²) in [6, 6.07) is 0. The Morgan fingerprint density at radius 2 is 2.07 bits per heavy atom. The fourth-order valence-electron chi connectivity index (χ4n) is 1.82. The fourth-order valence-corrected chi connectivity index (χ4v) is 1.82. The summed E-state index contributed by atoms with van der Waals surface area (Å²) in [6.07, 6.45) is 2.32. The first-order valence-corrected chi connectivity index (χ1v) is 5.26. The van der Waals surface area contributed by atoms with Crippen LogP contribution in [0.3, 0.4) is 0 Å². The highest BCUT2D eigenvalue weighted by Crippen LogP contribution is 2.23. The van der Waals surface area contributed by atoms with Crippen molar-refractivity contribution in [1.29, 1.82) is 0 Å². The minimum atomic E-state index is 0.520. The first-order valence-electron chi connectivity index (χ1n) is 5.26. The summed E-state index contributed by atoms with van der Waals surface area (Å²) in [6.45, 7) is 5.12. The van der Waals surface area contributed by atoms with Gasteiger partial charge in [-0.25, -0.2) is 0 Å². The molecule has 0 bridgehead atoms. The molecule has 14 heavy (non-hydrogen) atoms. The monoisotopic (exact) mass is 195 g/mol. The van der Waals surface area contributed by atoms with Crippen LogP contribution in [0.25, 0.3) is 0 Å². The van der Waals surface area contributed by atoms with Gasteiger partial charge in [0.05, 0.1) is 6.54 Å². The Morgan fingerprint density at radius 3 is 2.64 bits per heavy atom. The minimum Gasteiger partial charge on any atom is -0.306 e. The predicted octanol–water partition coefficient (Wildman–Crippen LogP) is 0.502. The van der Waals surface area contributed by atoms with Gasteiger partial charge in [0.25, 0.3) is 0 Å². The molecule has 2 heterocycles. The summed E-state index contributed by atoms with van der Waals surface area (Å²) in [5, 5.41) is 12.4. The second-order valence-electron chi connectivity index (χ2n) is 3.91. The van der Waals surface area contributed by atoms with Crippen LogP contribution in [0.1, 0.15) is 31.5 Å². The molecule has 0 unspecified atom stereocenters. The van der Waals surface area contributed by atoms with Crippen molar-refractivity contribution < 1.29 is 0 Å². The third-order valence-corrected chi connectivity index (χ3v) is 2.83. The van der Waals surface area contributed by atoms with Crippen LogP contribution in [-0.2, 0) is 6.54 Å². The summed E-state index contributed by atoms with van der Waals surface area (Å²) < 4.78 is 0. The molecule has 5 nitrogen and oxygen atoms in total. The van der Waals surface area contributed by atoms with Gasteiger partial charge < -0.3 is 4.90 Å². The van der Waals surface area contributed by atoms with Crippen LogP contribution in [0.5, 0.6) is 0 Å². The highest BCUT2D eigenvalue weighted by Gasteiger charge is 2.21. The van der Waals surface area contributed by atoms with Crippen molar-refractivity contribution in [1.82, 2.24) is 25.1 Å². The summed E-state index contributed by atoms with van der Waals surface area (Å²) in [5.74, 6) is 1.45. The van der Waals surface area contributed by atoms with Crippen molar-refractivity contribution in [3.63, 3.8) is 0 Å². The van der Waals surface area contributed by atoms with Gasteiger partial charge in [0.2, 0.25) is 0 Å². The molecule has 1 fully saturated rings. The first-order chi connectivity index (χ1) is 6.79. The third-order valence-electron chi connectivity index (χ3n) is 2.83. The van der Waals surface area contributed by atoms with E-state index < -0.39 is 0 Å². The van der Waals surface area contributed by atoms with Crippen molar-refractivity contribution >= 4 is 0 Å². The molecule has 2 rings (SSSR count). The number of nitrogens with zero attached hydrogens (tertiary/aromatic N) is 5. The maximum absolute atomic E-state index is 4.35. The molecule has 1 saturated heterocycles. The van der Waals surface area contributed by atoms with Gasteiger partial charge in [-0.05, 0) is 45.1 Å². The Bertz CT molecular complexity index is 287. The van der Waals surface area contributed by atoms with Crippen LogP contribution in [0.15, 0.2) is 0 Å². The number of piperidine rings is 1. The molecule has 1 aromatic heterocycles. The van der Waals surface area contributed by atoms with E-state index in [0.29, 0.717) is 5.92 Å².